The molecule has 21 nitrogen and oxygen atoms in total. The number of aliphatic hydroxyl groups is 1. The van der Waals surface area contributed by atoms with Crippen LogP contribution in [-0.2, 0) is 64.3 Å². The van der Waals surface area contributed by atoms with E-state index < -0.39 is 129 Å². The number of hydrogen-bond donors (Lipinski definition) is 4. The predicted molar refractivity (Wildman–Crippen MR) is 291 cm³/mol. The van der Waals surface area contributed by atoms with Crippen LogP contribution in [-0.4, -0.2) is 169 Å². The average Bonchev–Trinajstić information content (AvgIpc) is 4.28. The van der Waals surface area contributed by atoms with Gasteiger partial charge in [-0.3, -0.25) is 38.7 Å². The fourth-order valence-electron chi connectivity index (χ4n) is 10.8. The highest BCUT2D eigenvalue weighted by Crippen LogP contribution is 2.49. The van der Waals surface area contributed by atoms with E-state index in [1.165, 1.54) is 78.7 Å². The van der Waals surface area contributed by atoms with Crippen LogP contribution >= 0.6 is 23.4 Å². The Bertz CT molecular complexity index is 2560. The van der Waals surface area contributed by atoms with Crippen LogP contribution in [0.3, 0.4) is 0 Å². The van der Waals surface area contributed by atoms with Gasteiger partial charge in [0.05, 0.1) is 30.6 Å². The van der Waals surface area contributed by atoms with Crippen LogP contribution in [0.15, 0.2) is 35.9 Å². The molecule has 4 aliphatic heterocycles. The molecule has 5 aliphatic rings. The second-order valence-electron chi connectivity index (χ2n) is 21.6. The highest BCUT2D eigenvalue weighted by Gasteiger charge is 2.64. The second-order valence-corrected chi connectivity index (χ2v) is 25.0. The van der Waals surface area contributed by atoms with Crippen molar-refractivity contribution in [2.45, 2.75) is 176 Å². The number of halogens is 1. The Morgan fingerprint density at radius 3 is 2.44 bits per heavy atom. The van der Waals surface area contributed by atoms with E-state index in [-0.39, 0.29) is 30.0 Å². The van der Waals surface area contributed by atoms with Gasteiger partial charge in [0.15, 0.2) is 5.72 Å². The number of carbonyl (C=O) groups excluding carboxylic acids is 7. The van der Waals surface area contributed by atoms with Gasteiger partial charge in [0, 0.05) is 71.6 Å². The predicted octanol–water partition coefficient (Wildman–Crippen LogP) is 5.67. The number of likely N-dealkylation sites (N-methyl/N-ethyl adjacent to an activating group) is 1. The van der Waals surface area contributed by atoms with Gasteiger partial charge < -0.3 is 43.9 Å². The smallest absolute Gasteiger partial charge is 0.409 e. The van der Waals surface area contributed by atoms with Gasteiger partial charge >= 0.3 is 12.1 Å². The number of rotatable bonds is 19. The molecule has 4 fully saturated rings. The summed E-state index contributed by atoms with van der Waals surface area (Å²) in [5.41, 5.74) is -1.32. The molecule has 1 saturated carbocycles. The molecule has 4 bridgehead atoms. The summed E-state index contributed by atoms with van der Waals surface area (Å²) in [5, 5.41) is 14.5. The Kier molecular flexibility index (Phi) is 21.7. The van der Waals surface area contributed by atoms with E-state index in [0.717, 1.165) is 45.5 Å². The van der Waals surface area contributed by atoms with Crippen LogP contribution < -0.4 is 20.3 Å². The normalized spacial score (nSPS) is 29.2. The minimum Gasteiger partial charge on any atom is -0.495 e. The number of carbonyl (C=O) groups is 7. The van der Waals surface area contributed by atoms with Gasteiger partial charge in [0.25, 0.3) is 10.1 Å². The van der Waals surface area contributed by atoms with E-state index in [2.05, 4.69) is 10.6 Å². The highest BCUT2D eigenvalue weighted by atomic mass is 35.5. The maximum Gasteiger partial charge on any atom is 0.409 e. The molecule has 6 rings (SSSR count). The Morgan fingerprint density at radius 1 is 1.06 bits per heavy atom. The van der Waals surface area contributed by atoms with Crippen LogP contribution in [0.25, 0.3) is 0 Å². The summed E-state index contributed by atoms with van der Waals surface area (Å²) >= 11 is 7.81. The first-order valence-electron chi connectivity index (χ1n) is 26.8. The second kappa shape index (κ2) is 27.1. The standard InChI is InChI=1S/C54H78ClN5O16S2/c1-32-16-15-20-42(73-8)54(68)30-40(74-52(67)57-54)33(2)49-53(4,76-49)43(29-46(63)59(6)38-25-36(24-32)26-39(72-7)48(38)55)75-51(66)34(3)58(5)45(62)21-23-77-41-28-47(64)60(50(41)65)31-37(78(69,70)71)27-44(61)56-22-14-13-19-35-17-11-9-10-12-18-35/h15-16,20,25-26,33-35,37,40-43,49,68H,9-14,17-19,21-24,27-31H2,1-8H3,(H,56,61)(H,57,67)(H,69,70,71)/b20-15+,32-16+/t33-,34-,37?,40+,41?,42-,43+,49+,53+,54+/m1/s1. The largest absolute Gasteiger partial charge is 0.495 e. The maximum atomic E-state index is 14.4. The Balaban J connectivity index is 1.09. The van der Waals surface area contributed by atoms with E-state index in [1.54, 1.807) is 38.1 Å². The number of likely N-dealkylation sites (tertiary alicyclic amines) is 1. The van der Waals surface area contributed by atoms with Crippen molar-refractivity contribution < 1.29 is 75.3 Å². The van der Waals surface area contributed by atoms with Crippen LogP contribution in [0.2, 0.25) is 5.02 Å². The first kappa shape index (κ1) is 62.4. The number of anilines is 1. The number of methoxy groups -OCH3 is 2. The molecular formula is C54H78ClN5O16S2. The van der Waals surface area contributed by atoms with Gasteiger partial charge in [-0.05, 0) is 57.2 Å². The molecule has 2 unspecified atom stereocenters. The molecule has 4 N–H and O–H groups in total. The number of esters is 1. The lowest BCUT2D eigenvalue weighted by atomic mass is 9.83. The molecule has 3 saturated heterocycles. The lowest BCUT2D eigenvalue weighted by Gasteiger charge is -2.42. The highest BCUT2D eigenvalue weighted by molar-refractivity contribution is 8.00. The zero-order valence-electron chi connectivity index (χ0n) is 46.0. The summed E-state index contributed by atoms with van der Waals surface area (Å²) < 4.78 is 64.2. The number of thioether (sulfide) groups is 1. The maximum absolute atomic E-state index is 14.4. The molecule has 4 heterocycles. The minimum absolute atomic E-state index is 0.0183. The van der Waals surface area contributed by atoms with Gasteiger partial charge in [0.2, 0.25) is 29.5 Å². The summed E-state index contributed by atoms with van der Waals surface area (Å²) in [4.78, 5) is 97.7. The van der Waals surface area contributed by atoms with Crippen molar-refractivity contribution in [3.63, 3.8) is 0 Å². The van der Waals surface area contributed by atoms with Crippen LogP contribution in [0.4, 0.5) is 10.5 Å². The number of nitrogens with zero attached hydrogens (tertiary/aromatic N) is 3. The summed E-state index contributed by atoms with van der Waals surface area (Å²) in [7, 11) is 0.902. The molecule has 434 valence electrons. The topological polar surface area (TPSA) is 277 Å². The number of ether oxygens (including phenoxy) is 5. The molecular weight excluding hydrogens is 1070 g/mol. The summed E-state index contributed by atoms with van der Waals surface area (Å²) in [6.45, 7) is 6.33. The van der Waals surface area contributed by atoms with Crippen LogP contribution in [0.1, 0.15) is 123 Å². The van der Waals surface area contributed by atoms with Gasteiger partial charge in [-0.2, -0.15) is 8.42 Å². The van der Waals surface area contributed by atoms with Gasteiger partial charge in [-0.25, -0.2) is 9.59 Å². The number of imide groups is 1. The minimum atomic E-state index is -4.85. The van der Waals surface area contributed by atoms with Gasteiger partial charge in [-0.1, -0.05) is 93.7 Å². The lowest BCUT2D eigenvalue weighted by molar-refractivity contribution is -0.162. The molecule has 78 heavy (non-hydrogen) atoms. The SMILES string of the molecule is COc1cc2cc(c1Cl)N(C)C(=O)C[C@H](OC(=O)[C@@H](C)N(C)C(=O)CCSC1CC(=O)N(CC(CC(=O)NCCCCC3CCCCCC3)S(=O)(=O)O)C1=O)[C@]1(C)O[C@H]1[C@H](C)[C@@H]1C[C@@](O)(NC(=O)O1)[C@H](OC)/C=C/C=C(\C)C2. The molecule has 24 heteroatoms. The third-order valence-electron chi connectivity index (χ3n) is 15.9. The average molecular weight is 1150 g/mol. The van der Waals surface area contributed by atoms with Crippen molar-refractivity contribution in [3.05, 3.63) is 46.5 Å². The van der Waals surface area contributed by atoms with Crippen molar-refractivity contribution in [2.75, 3.05) is 52.1 Å². The number of epoxide rings is 1. The van der Waals surface area contributed by atoms with E-state index in [9.17, 15) is 51.6 Å². The van der Waals surface area contributed by atoms with E-state index in [0.29, 0.717) is 36.7 Å². The van der Waals surface area contributed by atoms with Crippen LogP contribution in [0, 0.1) is 11.8 Å². The molecule has 0 spiro atoms. The fourth-order valence-corrected chi connectivity index (χ4v) is 13.0. The number of allylic oxidation sites excluding steroid dienone is 3. The molecule has 1 aromatic carbocycles. The third-order valence-corrected chi connectivity index (χ3v) is 18.7. The Labute approximate surface area is 466 Å². The van der Waals surface area contributed by atoms with Crippen molar-refractivity contribution >= 4 is 80.8 Å². The number of alkyl carbamates (subject to hydrolysis) is 1. The zero-order chi connectivity index (χ0) is 57.3. The van der Waals surface area contributed by atoms with Crippen molar-refractivity contribution in [1.29, 1.82) is 0 Å². The van der Waals surface area contributed by atoms with Crippen molar-refractivity contribution in [2.24, 2.45) is 11.8 Å². The number of amides is 6. The number of hydrogen-bond acceptors (Lipinski definition) is 16. The van der Waals surface area contributed by atoms with E-state index >= 15 is 0 Å². The molecule has 0 radical (unpaired) electrons. The molecule has 6 amide bonds. The number of fused-ring (bicyclic) bond motifs is 5. The fraction of sp³-hybridized carbons (Fsp3) is 0.685. The molecule has 10 atom stereocenters. The summed E-state index contributed by atoms with van der Waals surface area (Å²) in [5.74, 6) is -3.61. The van der Waals surface area contributed by atoms with Gasteiger partial charge in [0.1, 0.15) is 46.0 Å². The quantitative estimate of drug-likeness (QED) is 0.0324. The Hall–Kier alpha value is -4.78. The lowest BCUT2D eigenvalue weighted by Crippen LogP contribution is -2.63. The van der Waals surface area contributed by atoms with E-state index in [1.807, 2.05) is 13.0 Å². The first-order chi connectivity index (χ1) is 36.8. The van der Waals surface area contributed by atoms with Crippen molar-refractivity contribution in [1.82, 2.24) is 20.4 Å². The van der Waals surface area contributed by atoms with Gasteiger partial charge in [-0.15, -0.1) is 11.8 Å². The number of unbranched alkanes of at least 4 members (excludes halogenated alkanes) is 1. The molecule has 0 aromatic heterocycles. The molecule has 1 aromatic rings. The summed E-state index contributed by atoms with van der Waals surface area (Å²) in [6, 6.07) is 2.27. The van der Waals surface area contributed by atoms with E-state index in [4.69, 9.17) is 35.3 Å². The monoisotopic (exact) mass is 1150 g/mol. The van der Waals surface area contributed by atoms with Crippen molar-refractivity contribution in [3.8, 4) is 5.75 Å². The number of nitrogens with one attached hydrogen (secondary N) is 2. The number of benzene rings is 1. The first-order valence-corrected chi connectivity index (χ1v) is 29.8. The summed E-state index contributed by atoms with van der Waals surface area (Å²) in [6.07, 6.45) is 9.06. The molecule has 1 aliphatic carbocycles. The third kappa shape index (κ3) is 15.8. The zero-order valence-corrected chi connectivity index (χ0v) is 48.3. The van der Waals surface area contributed by atoms with Crippen LogP contribution in [0.5, 0.6) is 5.75 Å². The Morgan fingerprint density at radius 2 is 1.77 bits per heavy atom.